The van der Waals surface area contributed by atoms with Crippen molar-refractivity contribution in [2.24, 2.45) is 0 Å². The fourth-order valence-electron chi connectivity index (χ4n) is 2.29. The number of ketones is 1. The molecule has 0 atom stereocenters. The minimum absolute atomic E-state index is 0.0181. The highest BCUT2D eigenvalue weighted by molar-refractivity contribution is 7.13. The summed E-state index contributed by atoms with van der Waals surface area (Å²) >= 11 is 1.36. The SMILES string of the molecule is CCCc1c(C(=O)Nc2nccs2)[nH]c(C)c1C(C)=O. The molecule has 0 fully saturated rings. The number of thiazole rings is 1. The smallest absolute Gasteiger partial charge is 0.274 e. The quantitative estimate of drug-likeness (QED) is 0.831. The number of hydrogen-bond acceptors (Lipinski definition) is 4. The minimum Gasteiger partial charge on any atom is -0.354 e. The lowest BCUT2D eigenvalue weighted by Crippen LogP contribution is -2.14. The molecular weight excluding hydrogens is 274 g/mol. The summed E-state index contributed by atoms with van der Waals surface area (Å²) in [5.41, 5.74) is 2.64. The summed E-state index contributed by atoms with van der Waals surface area (Å²) < 4.78 is 0. The summed E-state index contributed by atoms with van der Waals surface area (Å²) in [5.74, 6) is -0.269. The van der Waals surface area contributed by atoms with Gasteiger partial charge in [0.1, 0.15) is 5.69 Å². The lowest BCUT2D eigenvalue weighted by Gasteiger charge is -2.04. The zero-order valence-corrected chi connectivity index (χ0v) is 12.6. The molecule has 0 spiro atoms. The third kappa shape index (κ3) is 2.80. The Hall–Kier alpha value is -1.95. The first-order valence-electron chi connectivity index (χ1n) is 6.47. The molecule has 0 aromatic carbocycles. The first kappa shape index (κ1) is 14.5. The number of nitrogens with zero attached hydrogens (tertiary/aromatic N) is 1. The van der Waals surface area contributed by atoms with Crippen LogP contribution in [0.25, 0.3) is 0 Å². The predicted octanol–water partition coefficient (Wildman–Crippen LogP) is 3.19. The Labute approximate surface area is 121 Å². The van der Waals surface area contributed by atoms with Gasteiger partial charge in [0, 0.05) is 22.8 Å². The summed E-state index contributed by atoms with van der Waals surface area (Å²) in [6.07, 6.45) is 3.20. The molecule has 5 nitrogen and oxygen atoms in total. The molecule has 2 N–H and O–H groups in total. The van der Waals surface area contributed by atoms with Gasteiger partial charge in [-0.1, -0.05) is 13.3 Å². The molecule has 0 saturated heterocycles. The normalized spacial score (nSPS) is 10.6. The highest BCUT2D eigenvalue weighted by Gasteiger charge is 2.22. The van der Waals surface area contributed by atoms with Gasteiger partial charge in [-0.2, -0.15) is 0 Å². The number of Topliss-reactive ketones (excluding diaryl/α,β-unsaturated/α-hetero) is 1. The van der Waals surface area contributed by atoms with E-state index in [0.717, 1.165) is 17.7 Å². The van der Waals surface area contributed by atoms with E-state index in [1.807, 2.05) is 13.8 Å². The Balaban J connectivity index is 2.37. The molecule has 0 aliphatic carbocycles. The van der Waals surface area contributed by atoms with Crippen LogP contribution in [0.4, 0.5) is 5.13 Å². The van der Waals surface area contributed by atoms with Gasteiger partial charge in [0.25, 0.3) is 5.91 Å². The maximum absolute atomic E-state index is 12.3. The number of H-pyrrole nitrogens is 1. The third-order valence-corrected chi connectivity index (χ3v) is 3.71. The number of amides is 1. The first-order valence-corrected chi connectivity index (χ1v) is 7.35. The number of nitrogens with one attached hydrogen (secondary N) is 2. The Kier molecular flexibility index (Phi) is 4.34. The van der Waals surface area contributed by atoms with Crippen molar-refractivity contribution >= 4 is 28.2 Å². The average Bonchev–Trinajstić information content (AvgIpc) is 2.97. The standard InChI is InChI=1S/C14H17N3O2S/c1-4-5-10-11(9(3)18)8(2)16-12(10)13(19)17-14-15-6-7-20-14/h6-7,16H,4-5H2,1-3H3,(H,15,17,19). The average molecular weight is 291 g/mol. The largest absolute Gasteiger partial charge is 0.354 e. The van der Waals surface area contributed by atoms with Gasteiger partial charge in [0.05, 0.1) is 0 Å². The molecular formula is C14H17N3O2S. The molecule has 20 heavy (non-hydrogen) atoms. The van der Waals surface area contributed by atoms with Crippen molar-refractivity contribution in [3.63, 3.8) is 0 Å². The molecule has 1 amide bonds. The number of anilines is 1. The molecule has 6 heteroatoms. The number of rotatable bonds is 5. The van der Waals surface area contributed by atoms with Crippen LogP contribution in [0, 0.1) is 6.92 Å². The number of hydrogen-bond donors (Lipinski definition) is 2. The molecule has 0 unspecified atom stereocenters. The Bertz CT molecular complexity index is 629. The van der Waals surface area contributed by atoms with Crippen molar-refractivity contribution in [3.8, 4) is 0 Å². The third-order valence-electron chi connectivity index (χ3n) is 3.02. The van der Waals surface area contributed by atoms with Gasteiger partial charge < -0.3 is 4.98 Å². The fraction of sp³-hybridized carbons (Fsp3) is 0.357. The second-order valence-electron chi connectivity index (χ2n) is 4.58. The van der Waals surface area contributed by atoms with E-state index in [2.05, 4.69) is 15.3 Å². The predicted molar refractivity (Wildman–Crippen MR) is 79.6 cm³/mol. The minimum atomic E-state index is -0.251. The van der Waals surface area contributed by atoms with Crippen LogP contribution < -0.4 is 5.32 Å². The van der Waals surface area contributed by atoms with Crippen LogP contribution in [0.3, 0.4) is 0 Å². The highest BCUT2D eigenvalue weighted by atomic mass is 32.1. The van der Waals surface area contributed by atoms with Crippen LogP contribution in [0.1, 0.15) is 52.4 Å². The van der Waals surface area contributed by atoms with E-state index in [-0.39, 0.29) is 11.7 Å². The topological polar surface area (TPSA) is 74.8 Å². The van der Waals surface area contributed by atoms with Gasteiger partial charge in [0.2, 0.25) is 0 Å². The molecule has 0 radical (unpaired) electrons. The number of carbonyl (C=O) groups is 2. The van der Waals surface area contributed by atoms with E-state index in [1.165, 1.54) is 18.3 Å². The van der Waals surface area contributed by atoms with Crippen LogP contribution in [0.2, 0.25) is 0 Å². The van der Waals surface area contributed by atoms with Crippen LogP contribution in [0.5, 0.6) is 0 Å². The van der Waals surface area contributed by atoms with Crippen LogP contribution in [0.15, 0.2) is 11.6 Å². The Morgan fingerprint density at radius 1 is 1.45 bits per heavy atom. The maximum Gasteiger partial charge on any atom is 0.274 e. The van der Waals surface area contributed by atoms with Gasteiger partial charge in [-0.3, -0.25) is 14.9 Å². The van der Waals surface area contributed by atoms with Crippen molar-refractivity contribution in [2.45, 2.75) is 33.6 Å². The molecule has 0 bridgehead atoms. The van der Waals surface area contributed by atoms with Gasteiger partial charge in [-0.15, -0.1) is 11.3 Å². The van der Waals surface area contributed by atoms with E-state index in [0.29, 0.717) is 22.8 Å². The van der Waals surface area contributed by atoms with E-state index >= 15 is 0 Å². The zero-order valence-electron chi connectivity index (χ0n) is 11.7. The van der Waals surface area contributed by atoms with Gasteiger partial charge >= 0.3 is 0 Å². The molecule has 0 saturated carbocycles. The van der Waals surface area contributed by atoms with E-state index in [1.54, 1.807) is 11.6 Å². The molecule has 2 aromatic heterocycles. The van der Waals surface area contributed by atoms with E-state index in [9.17, 15) is 9.59 Å². The summed E-state index contributed by atoms with van der Waals surface area (Å²) in [4.78, 5) is 31.1. The number of aryl methyl sites for hydroxylation is 1. The summed E-state index contributed by atoms with van der Waals surface area (Å²) in [5, 5.41) is 5.09. The Morgan fingerprint density at radius 2 is 2.20 bits per heavy atom. The van der Waals surface area contributed by atoms with Crippen molar-refractivity contribution < 1.29 is 9.59 Å². The van der Waals surface area contributed by atoms with Gasteiger partial charge in [0.15, 0.2) is 10.9 Å². The Morgan fingerprint density at radius 3 is 2.75 bits per heavy atom. The van der Waals surface area contributed by atoms with Crippen LogP contribution >= 0.6 is 11.3 Å². The second kappa shape index (κ2) is 6.00. The molecule has 2 rings (SSSR count). The molecule has 106 valence electrons. The van der Waals surface area contributed by atoms with E-state index in [4.69, 9.17) is 0 Å². The van der Waals surface area contributed by atoms with Crippen molar-refractivity contribution in [3.05, 3.63) is 34.1 Å². The molecule has 2 heterocycles. The zero-order chi connectivity index (χ0) is 14.7. The summed E-state index contributed by atoms with van der Waals surface area (Å²) in [6, 6.07) is 0. The second-order valence-corrected chi connectivity index (χ2v) is 5.47. The molecule has 2 aromatic rings. The molecule has 0 aliphatic heterocycles. The molecule has 0 aliphatic rings. The first-order chi connectivity index (χ1) is 9.54. The van der Waals surface area contributed by atoms with Crippen LogP contribution in [-0.4, -0.2) is 21.7 Å². The van der Waals surface area contributed by atoms with Crippen molar-refractivity contribution in [1.29, 1.82) is 0 Å². The summed E-state index contributed by atoms with van der Waals surface area (Å²) in [7, 11) is 0. The monoisotopic (exact) mass is 291 g/mol. The number of carbonyl (C=O) groups excluding carboxylic acids is 2. The highest BCUT2D eigenvalue weighted by Crippen LogP contribution is 2.22. The van der Waals surface area contributed by atoms with Crippen LogP contribution in [-0.2, 0) is 6.42 Å². The van der Waals surface area contributed by atoms with Gasteiger partial charge in [-0.05, 0) is 25.8 Å². The van der Waals surface area contributed by atoms with Crippen molar-refractivity contribution in [1.82, 2.24) is 9.97 Å². The lowest BCUT2D eigenvalue weighted by atomic mass is 10.0. The van der Waals surface area contributed by atoms with E-state index < -0.39 is 0 Å². The summed E-state index contributed by atoms with van der Waals surface area (Å²) in [6.45, 7) is 5.36. The maximum atomic E-state index is 12.3. The lowest BCUT2D eigenvalue weighted by molar-refractivity contribution is 0.101. The van der Waals surface area contributed by atoms with Gasteiger partial charge in [-0.25, -0.2) is 4.98 Å². The van der Waals surface area contributed by atoms with Crippen molar-refractivity contribution in [2.75, 3.05) is 5.32 Å². The number of aromatic nitrogens is 2. The number of aromatic amines is 1. The fourth-order valence-corrected chi connectivity index (χ4v) is 2.82.